The Morgan fingerprint density at radius 3 is 2.33 bits per heavy atom. The van der Waals surface area contributed by atoms with E-state index in [1.165, 1.54) is 11.1 Å². The number of thioether (sulfide) groups is 1. The van der Waals surface area contributed by atoms with Crippen molar-refractivity contribution >= 4 is 29.3 Å². The molecule has 1 aromatic heterocycles. The van der Waals surface area contributed by atoms with E-state index < -0.39 is 11.8 Å². The van der Waals surface area contributed by atoms with Crippen molar-refractivity contribution in [1.29, 1.82) is 0 Å². The average Bonchev–Trinajstić information content (AvgIpc) is 2.55. The highest BCUT2D eigenvalue weighted by molar-refractivity contribution is 7.99. The zero-order valence-electron chi connectivity index (χ0n) is 13.9. The highest BCUT2D eigenvalue weighted by Gasteiger charge is 2.17. The molecule has 0 spiro atoms. The number of pyridine rings is 1. The Balaban J connectivity index is 1.92. The lowest BCUT2D eigenvalue weighted by molar-refractivity contribution is -0.136. The molecule has 2 amide bonds. The molecule has 1 atom stereocenters. The number of amides is 2. The number of aromatic nitrogens is 1. The SMILES string of the molecule is CC(C)Sc1ccc([C@@H](C)NC(=O)C(=O)Nc2cccnc2)cc1. The van der Waals surface area contributed by atoms with Gasteiger partial charge >= 0.3 is 11.8 Å². The molecule has 1 aromatic carbocycles. The number of nitrogens with one attached hydrogen (secondary N) is 2. The summed E-state index contributed by atoms with van der Waals surface area (Å²) in [5.74, 6) is -1.38. The number of carbonyl (C=O) groups is 2. The van der Waals surface area contributed by atoms with Gasteiger partial charge in [-0.2, -0.15) is 0 Å². The maximum atomic E-state index is 12.0. The number of hydrogen-bond donors (Lipinski definition) is 2. The third-order valence-corrected chi connectivity index (χ3v) is 4.24. The van der Waals surface area contributed by atoms with Crippen molar-refractivity contribution in [3.8, 4) is 0 Å². The van der Waals surface area contributed by atoms with Crippen molar-refractivity contribution in [2.75, 3.05) is 5.32 Å². The second-order valence-corrected chi connectivity index (χ2v) is 7.28. The van der Waals surface area contributed by atoms with Crippen molar-refractivity contribution in [3.05, 3.63) is 54.4 Å². The highest BCUT2D eigenvalue weighted by atomic mass is 32.2. The predicted octanol–water partition coefficient (Wildman–Crippen LogP) is 3.40. The van der Waals surface area contributed by atoms with Crippen LogP contribution >= 0.6 is 11.8 Å². The molecule has 126 valence electrons. The van der Waals surface area contributed by atoms with Gasteiger partial charge in [-0.3, -0.25) is 14.6 Å². The summed E-state index contributed by atoms with van der Waals surface area (Å²) >= 11 is 1.78. The van der Waals surface area contributed by atoms with Gasteiger partial charge in [-0.05, 0) is 36.8 Å². The summed E-state index contributed by atoms with van der Waals surface area (Å²) < 4.78 is 0. The van der Waals surface area contributed by atoms with E-state index >= 15 is 0 Å². The molecule has 0 radical (unpaired) electrons. The quantitative estimate of drug-likeness (QED) is 0.645. The fourth-order valence-electron chi connectivity index (χ4n) is 2.08. The van der Waals surface area contributed by atoms with Crippen LogP contribution in [0.2, 0.25) is 0 Å². The zero-order valence-corrected chi connectivity index (χ0v) is 14.8. The molecule has 0 bridgehead atoms. The van der Waals surface area contributed by atoms with E-state index in [0.717, 1.165) is 5.56 Å². The largest absolute Gasteiger partial charge is 0.341 e. The molecule has 0 aliphatic rings. The molecule has 0 saturated heterocycles. The summed E-state index contributed by atoms with van der Waals surface area (Å²) in [6, 6.07) is 11.1. The van der Waals surface area contributed by atoms with Gasteiger partial charge in [-0.15, -0.1) is 11.8 Å². The van der Waals surface area contributed by atoms with E-state index in [9.17, 15) is 9.59 Å². The minimum atomic E-state index is -0.707. The Kier molecular flexibility index (Phi) is 6.37. The smallest absolute Gasteiger partial charge is 0.313 e. The Labute approximate surface area is 146 Å². The Hall–Kier alpha value is -2.34. The molecule has 5 nitrogen and oxygen atoms in total. The number of hydrogen-bond acceptors (Lipinski definition) is 4. The average molecular weight is 343 g/mol. The first-order valence-corrected chi connectivity index (χ1v) is 8.62. The summed E-state index contributed by atoms with van der Waals surface area (Å²) in [7, 11) is 0. The van der Waals surface area contributed by atoms with Gasteiger partial charge < -0.3 is 10.6 Å². The molecular formula is C18H21N3O2S. The normalized spacial score (nSPS) is 11.8. The molecule has 2 rings (SSSR count). The molecule has 0 aliphatic carbocycles. The number of anilines is 1. The van der Waals surface area contributed by atoms with Gasteiger partial charge in [0.1, 0.15) is 0 Å². The molecule has 0 unspecified atom stereocenters. The van der Waals surface area contributed by atoms with Crippen LogP contribution in [0.15, 0.2) is 53.7 Å². The maximum Gasteiger partial charge on any atom is 0.313 e. The lowest BCUT2D eigenvalue weighted by Gasteiger charge is -2.15. The highest BCUT2D eigenvalue weighted by Crippen LogP contribution is 2.24. The lowest BCUT2D eigenvalue weighted by atomic mass is 10.1. The van der Waals surface area contributed by atoms with Crippen molar-refractivity contribution in [2.24, 2.45) is 0 Å². The Morgan fingerprint density at radius 1 is 1.04 bits per heavy atom. The van der Waals surface area contributed by atoms with E-state index in [1.807, 2.05) is 31.2 Å². The van der Waals surface area contributed by atoms with Gasteiger partial charge in [0.25, 0.3) is 0 Å². The van der Waals surface area contributed by atoms with Crippen molar-refractivity contribution in [1.82, 2.24) is 10.3 Å². The molecule has 2 N–H and O–H groups in total. The minimum Gasteiger partial charge on any atom is -0.341 e. The van der Waals surface area contributed by atoms with Crippen LogP contribution in [0.5, 0.6) is 0 Å². The van der Waals surface area contributed by atoms with Crippen molar-refractivity contribution in [3.63, 3.8) is 0 Å². The van der Waals surface area contributed by atoms with E-state index in [2.05, 4.69) is 29.5 Å². The van der Waals surface area contributed by atoms with Crippen LogP contribution in [-0.4, -0.2) is 22.0 Å². The van der Waals surface area contributed by atoms with Gasteiger partial charge in [-0.1, -0.05) is 26.0 Å². The van der Waals surface area contributed by atoms with Gasteiger partial charge in [0.2, 0.25) is 0 Å². The summed E-state index contributed by atoms with van der Waals surface area (Å²) in [5, 5.41) is 5.73. The molecular weight excluding hydrogens is 322 g/mol. The third-order valence-electron chi connectivity index (χ3n) is 3.23. The summed E-state index contributed by atoms with van der Waals surface area (Å²) in [4.78, 5) is 29.0. The maximum absolute atomic E-state index is 12.0. The molecule has 0 fully saturated rings. The van der Waals surface area contributed by atoms with Crippen LogP contribution in [0, 0.1) is 0 Å². The summed E-state index contributed by atoms with van der Waals surface area (Å²) in [6.45, 7) is 6.13. The fourth-order valence-corrected chi connectivity index (χ4v) is 2.91. The van der Waals surface area contributed by atoms with Crippen LogP contribution < -0.4 is 10.6 Å². The summed E-state index contributed by atoms with van der Waals surface area (Å²) in [6.07, 6.45) is 3.08. The first kappa shape index (κ1) is 18.0. The van der Waals surface area contributed by atoms with Gasteiger partial charge in [-0.25, -0.2) is 0 Å². The molecule has 1 heterocycles. The Bertz CT molecular complexity index is 687. The standard InChI is InChI=1S/C18H21N3O2S/c1-12(2)24-16-8-6-14(7-9-16)13(3)20-17(22)18(23)21-15-5-4-10-19-11-15/h4-13H,1-3H3,(H,20,22)(H,21,23)/t13-/m1/s1. The molecule has 2 aromatic rings. The van der Waals surface area contributed by atoms with E-state index in [-0.39, 0.29) is 6.04 Å². The van der Waals surface area contributed by atoms with E-state index in [1.54, 1.807) is 30.1 Å². The van der Waals surface area contributed by atoms with Crippen LogP contribution in [-0.2, 0) is 9.59 Å². The zero-order chi connectivity index (χ0) is 17.5. The van der Waals surface area contributed by atoms with E-state index in [0.29, 0.717) is 10.9 Å². The van der Waals surface area contributed by atoms with Crippen LogP contribution in [0.3, 0.4) is 0 Å². The second kappa shape index (κ2) is 8.49. The number of benzene rings is 1. The number of nitrogens with zero attached hydrogens (tertiary/aromatic N) is 1. The van der Waals surface area contributed by atoms with Gasteiger partial charge in [0.05, 0.1) is 17.9 Å². The second-order valence-electron chi connectivity index (χ2n) is 5.63. The topological polar surface area (TPSA) is 71.1 Å². The molecule has 6 heteroatoms. The van der Waals surface area contributed by atoms with Crippen molar-refractivity contribution < 1.29 is 9.59 Å². The van der Waals surface area contributed by atoms with Crippen LogP contribution in [0.25, 0.3) is 0 Å². The first-order valence-electron chi connectivity index (χ1n) is 7.74. The number of carbonyl (C=O) groups excluding carboxylic acids is 2. The van der Waals surface area contributed by atoms with Crippen molar-refractivity contribution in [2.45, 2.75) is 37.0 Å². The minimum absolute atomic E-state index is 0.254. The first-order chi connectivity index (χ1) is 11.5. The van der Waals surface area contributed by atoms with Crippen LogP contribution in [0.1, 0.15) is 32.4 Å². The van der Waals surface area contributed by atoms with Gasteiger partial charge in [0, 0.05) is 16.3 Å². The molecule has 0 aliphatic heterocycles. The summed E-state index contributed by atoms with van der Waals surface area (Å²) in [5.41, 5.74) is 1.44. The monoisotopic (exact) mass is 343 g/mol. The number of rotatable bonds is 5. The van der Waals surface area contributed by atoms with Crippen LogP contribution in [0.4, 0.5) is 5.69 Å². The van der Waals surface area contributed by atoms with E-state index in [4.69, 9.17) is 0 Å². The molecule has 0 saturated carbocycles. The molecule has 24 heavy (non-hydrogen) atoms. The Morgan fingerprint density at radius 2 is 1.75 bits per heavy atom. The third kappa shape index (κ3) is 5.38. The van der Waals surface area contributed by atoms with Gasteiger partial charge in [0.15, 0.2) is 0 Å². The fraction of sp³-hybridized carbons (Fsp3) is 0.278. The lowest BCUT2D eigenvalue weighted by Crippen LogP contribution is -2.36. The predicted molar refractivity (Wildman–Crippen MR) is 96.9 cm³/mol.